The maximum atomic E-state index is 12.5. The number of rotatable bonds is 5. The van der Waals surface area contributed by atoms with Crippen LogP contribution in [0, 0.1) is 0 Å². The van der Waals surface area contributed by atoms with Crippen LogP contribution in [0.4, 0.5) is 11.6 Å². The lowest BCUT2D eigenvalue weighted by Gasteiger charge is -2.14. The number of nitrogens with one attached hydrogen (secondary N) is 2. The molecule has 2 N–H and O–H groups in total. The van der Waals surface area contributed by atoms with Crippen molar-refractivity contribution in [2.24, 2.45) is 0 Å². The van der Waals surface area contributed by atoms with Crippen LogP contribution < -0.4 is 10.6 Å². The molecule has 0 saturated heterocycles. The van der Waals surface area contributed by atoms with Crippen LogP contribution in [0.1, 0.15) is 28.9 Å². The van der Waals surface area contributed by atoms with E-state index in [2.05, 4.69) is 25.6 Å². The Morgan fingerprint density at radius 1 is 0.893 bits per heavy atom. The summed E-state index contributed by atoms with van der Waals surface area (Å²) in [5.41, 5.74) is 3.10. The Morgan fingerprint density at radius 2 is 1.64 bits per heavy atom. The molecule has 0 aliphatic carbocycles. The second kappa shape index (κ2) is 7.84. The van der Waals surface area contributed by atoms with Crippen LogP contribution in [0.5, 0.6) is 0 Å². The van der Waals surface area contributed by atoms with Crippen molar-refractivity contribution in [3.05, 3.63) is 90.4 Å². The van der Waals surface area contributed by atoms with Gasteiger partial charge < -0.3 is 10.6 Å². The molecule has 2 aromatic heterocycles. The van der Waals surface area contributed by atoms with Crippen LogP contribution in [0.2, 0.25) is 0 Å². The van der Waals surface area contributed by atoms with Gasteiger partial charge in [-0.2, -0.15) is 0 Å². The smallest absolute Gasteiger partial charge is 0.254 e. The molecule has 0 aliphatic rings. The summed E-state index contributed by atoms with van der Waals surface area (Å²) in [6.07, 6.45) is 4.78. The highest BCUT2D eigenvalue weighted by molar-refractivity contribution is 5.94. The van der Waals surface area contributed by atoms with Crippen molar-refractivity contribution in [2.75, 3.05) is 5.32 Å². The number of carbonyl (C=O) groups is 1. The van der Waals surface area contributed by atoms with Gasteiger partial charge >= 0.3 is 0 Å². The van der Waals surface area contributed by atoms with Gasteiger partial charge in [0.1, 0.15) is 0 Å². The van der Waals surface area contributed by atoms with Gasteiger partial charge in [-0.15, -0.1) is 0 Å². The molecule has 2 aromatic carbocycles. The van der Waals surface area contributed by atoms with E-state index in [1.54, 1.807) is 6.20 Å². The number of para-hydroxylation sites is 1. The van der Waals surface area contributed by atoms with Crippen LogP contribution >= 0.6 is 0 Å². The molecule has 1 unspecified atom stereocenters. The second-order valence-electron chi connectivity index (χ2n) is 6.41. The Kier molecular flexibility index (Phi) is 4.93. The third-order valence-corrected chi connectivity index (χ3v) is 4.44. The molecule has 1 amide bonds. The first kappa shape index (κ1) is 17.6. The number of aromatic nitrogens is 3. The molecule has 6 heteroatoms. The molecular formula is C22H19N5O. The predicted molar refractivity (Wildman–Crippen MR) is 109 cm³/mol. The van der Waals surface area contributed by atoms with Crippen molar-refractivity contribution in [2.45, 2.75) is 13.0 Å². The Labute approximate surface area is 162 Å². The Balaban J connectivity index is 1.47. The average molecular weight is 369 g/mol. The van der Waals surface area contributed by atoms with Crippen LogP contribution in [0.3, 0.4) is 0 Å². The number of anilines is 2. The zero-order valence-corrected chi connectivity index (χ0v) is 15.3. The number of pyridine rings is 1. The van der Waals surface area contributed by atoms with Gasteiger partial charge in [-0.05, 0) is 24.6 Å². The van der Waals surface area contributed by atoms with Gasteiger partial charge in [-0.25, -0.2) is 9.97 Å². The molecule has 2 heterocycles. The molecule has 6 nitrogen and oxygen atoms in total. The number of amides is 1. The zero-order chi connectivity index (χ0) is 19.3. The summed E-state index contributed by atoms with van der Waals surface area (Å²) < 4.78 is 0. The molecule has 28 heavy (non-hydrogen) atoms. The highest BCUT2D eigenvalue weighted by atomic mass is 16.1. The molecule has 0 saturated carbocycles. The van der Waals surface area contributed by atoms with Gasteiger partial charge in [0, 0.05) is 24.0 Å². The number of carbonyl (C=O) groups excluding carboxylic acids is 1. The fourth-order valence-electron chi connectivity index (χ4n) is 2.94. The van der Waals surface area contributed by atoms with Crippen LogP contribution in [0.25, 0.3) is 10.9 Å². The van der Waals surface area contributed by atoms with E-state index < -0.39 is 0 Å². The summed E-state index contributed by atoms with van der Waals surface area (Å²) >= 11 is 0. The molecule has 1 atom stereocenters. The maximum absolute atomic E-state index is 12.5. The molecule has 138 valence electrons. The SMILES string of the molecule is CC(NC(=O)c1cnc(Nc2cccc3cccnc23)nc1)c1ccccc1. The normalized spacial score (nSPS) is 11.8. The second-order valence-corrected chi connectivity index (χ2v) is 6.41. The van der Waals surface area contributed by atoms with Crippen LogP contribution in [0.15, 0.2) is 79.3 Å². The van der Waals surface area contributed by atoms with Gasteiger partial charge in [0.05, 0.1) is 22.8 Å². The molecule has 0 aliphatic heterocycles. The minimum absolute atomic E-state index is 0.103. The zero-order valence-electron chi connectivity index (χ0n) is 15.3. The van der Waals surface area contributed by atoms with E-state index in [-0.39, 0.29) is 11.9 Å². The van der Waals surface area contributed by atoms with E-state index in [1.165, 1.54) is 12.4 Å². The van der Waals surface area contributed by atoms with Gasteiger partial charge in [-0.1, -0.05) is 48.5 Å². The number of hydrogen-bond donors (Lipinski definition) is 2. The van der Waals surface area contributed by atoms with Crippen molar-refractivity contribution >= 4 is 28.4 Å². The summed E-state index contributed by atoms with van der Waals surface area (Å²) in [5.74, 6) is 0.195. The average Bonchev–Trinajstić information content (AvgIpc) is 2.75. The predicted octanol–water partition coefficient (Wildman–Crippen LogP) is 4.26. The fraction of sp³-hybridized carbons (Fsp3) is 0.0909. The summed E-state index contributed by atoms with van der Waals surface area (Å²) in [6.45, 7) is 1.94. The molecule has 0 fully saturated rings. The van der Waals surface area contributed by atoms with Crippen LogP contribution in [-0.2, 0) is 0 Å². The fourth-order valence-corrected chi connectivity index (χ4v) is 2.94. The van der Waals surface area contributed by atoms with Crippen molar-refractivity contribution in [1.82, 2.24) is 20.3 Å². The first-order chi connectivity index (χ1) is 13.7. The van der Waals surface area contributed by atoms with Crippen molar-refractivity contribution in [1.29, 1.82) is 0 Å². The van der Waals surface area contributed by atoms with E-state index in [0.29, 0.717) is 11.5 Å². The summed E-state index contributed by atoms with van der Waals surface area (Å²) in [5, 5.41) is 7.15. The van der Waals surface area contributed by atoms with Crippen molar-refractivity contribution in [3.8, 4) is 0 Å². The highest BCUT2D eigenvalue weighted by Crippen LogP contribution is 2.23. The van der Waals surface area contributed by atoms with E-state index in [0.717, 1.165) is 22.2 Å². The summed E-state index contributed by atoms with van der Waals surface area (Å²) in [6, 6.07) is 19.4. The lowest BCUT2D eigenvalue weighted by molar-refractivity contribution is 0.0939. The molecule has 4 rings (SSSR count). The first-order valence-electron chi connectivity index (χ1n) is 8.99. The monoisotopic (exact) mass is 369 g/mol. The Morgan fingerprint density at radius 3 is 2.43 bits per heavy atom. The number of nitrogens with zero attached hydrogens (tertiary/aromatic N) is 3. The Hall–Kier alpha value is -3.80. The molecule has 0 spiro atoms. The third-order valence-electron chi connectivity index (χ3n) is 4.44. The number of fused-ring (bicyclic) bond motifs is 1. The molecule has 0 bridgehead atoms. The Bertz CT molecular complexity index is 1090. The minimum Gasteiger partial charge on any atom is -0.345 e. The van der Waals surface area contributed by atoms with Gasteiger partial charge in [0.15, 0.2) is 0 Å². The van der Waals surface area contributed by atoms with Gasteiger partial charge in [0.2, 0.25) is 5.95 Å². The van der Waals surface area contributed by atoms with E-state index in [9.17, 15) is 4.79 Å². The number of benzene rings is 2. The van der Waals surface area contributed by atoms with E-state index in [1.807, 2.05) is 67.6 Å². The highest BCUT2D eigenvalue weighted by Gasteiger charge is 2.12. The summed E-state index contributed by atoms with van der Waals surface area (Å²) in [7, 11) is 0. The lowest BCUT2D eigenvalue weighted by Crippen LogP contribution is -2.26. The topological polar surface area (TPSA) is 79.8 Å². The molecular weight excluding hydrogens is 350 g/mol. The molecule has 0 radical (unpaired) electrons. The van der Waals surface area contributed by atoms with Crippen molar-refractivity contribution < 1.29 is 4.79 Å². The summed E-state index contributed by atoms with van der Waals surface area (Å²) in [4.78, 5) is 25.4. The largest absolute Gasteiger partial charge is 0.345 e. The third kappa shape index (κ3) is 3.81. The van der Waals surface area contributed by atoms with Gasteiger partial charge in [0.25, 0.3) is 5.91 Å². The van der Waals surface area contributed by atoms with Gasteiger partial charge in [-0.3, -0.25) is 9.78 Å². The quantitative estimate of drug-likeness (QED) is 0.549. The standard InChI is InChI=1S/C22H19N5O/c1-15(16-7-3-2-4-8-16)26-21(28)18-13-24-22(25-14-18)27-19-11-5-9-17-10-6-12-23-20(17)19/h2-15H,1H3,(H,26,28)(H,24,25,27). The van der Waals surface area contributed by atoms with Crippen molar-refractivity contribution in [3.63, 3.8) is 0 Å². The van der Waals surface area contributed by atoms with E-state index in [4.69, 9.17) is 0 Å². The molecule has 4 aromatic rings. The lowest BCUT2D eigenvalue weighted by atomic mass is 10.1. The first-order valence-corrected chi connectivity index (χ1v) is 8.99. The number of hydrogen-bond acceptors (Lipinski definition) is 5. The maximum Gasteiger partial charge on any atom is 0.254 e. The van der Waals surface area contributed by atoms with E-state index >= 15 is 0 Å². The minimum atomic E-state index is -0.213. The van der Waals surface area contributed by atoms with Crippen LogP contribution in [-0.4, -0.2) is 20.9 Å².